The lowest BCUT2D eigenvalue weighted by Crippen LogP contribution is -2.32. The molecular weight excluding hydrogens is 578 g/mol. The zero-order chi connectivity index (χ0) is 31.5. The van der Waals surface area contributed by atoms with Crippen molar-refractivity contribution >= 4 is 34.3 Å². The first-order valence-electron chi connectivity index (χ1n) is 14.0. The van der Waals surface area contributed by atoms with Crippen LogP contribution in [-0.4, -0.2) is 44.4 Å². The monoisotopic (exact) mass is 606 g/mol. The Morgan fingerprint density at radius 2 is 1.58 bits per heavy atom. The quantitative estimate of drug-likeness (QED) is 0.216. The van der Waals surface area contributed by atoms with Crippen LogP contribution in [0.4, 0.5) is 26.1 Å². The predicted octanol–water partition coefficient (Wildman–Crippen LogP) is 5.09. The molecule has 0 aliphatic rings. The fraction of sp³-hybridized carbons (Fsp3) is 0.121. The molecule has 10 nitrogen and oxygen atoms in total. The van der Waals surface area contributed by atoms with Gasteiger partial charge in [-0.05, 0) is 28.3 Å². The van der Waals surface area contributed by atoms with Crippen molar-refractivity contribution in [1.82, 2.24) is 24.7 Å². The van der Waals surface area contributed by atoms with Gasteiger partial charge in [-0.3, -0.25) is 4.79 Å². The van der Waals surface area contributed by atoms with Crippen LogP contribution in [0.2, 0.25) is 0 Å². The summed E-state index contributed by atoms with van der Waals surface area (Å²) in [5, 5.41) is 4.57. The van der Waals surface area contributed by atoms with E-state index >= 15 is 0 Å². The number of esters is 1. The minimum absolute atomic E-state index is 0.0396. The molecule has 0 aliphatic heterocycles. The Morgan fingerprint density at radius 1 is 0.911 bits per heavy atom. The number of nitrogens with two attached hydrogens (primary N) is 2. The predicted molar refractivity (Wildman–Crippen MR) is 167 cm³/mol. The molecule has 3 heterocycles. The summed E-state index contributed by atoms with van der Waals surface area (Å²) in [5.41, 5.74) is 17.4. The maximum Gasteiger partial charge on any atom is 0.325 e. The molecule has 0 radical (unpaired) electrons. The fourth-order valence-corrected chi connectivity index (χ4v) is 5.22. The molecule has 12 heteroatoms. The van der Waals surface area contributed by atoms with E-state index in [0.29, 0.717) is 16.8 Å². The van der Waals surface area contributed by atoms with Gasteiger partial charge < -0.3 is 21.1 Å². The van der Waals surface area contributed by atoms with Crippen LogP contribution in [0.5, 0.6) is 0 Å². The van der Waals surface area contributed by atoms with E-state index in [9.17, 15) is 13.6 Å². The summed E-state index contributed by atoms with van der Waals surface area (Å²) in [5.74, 6) is -1.67. The molecule has 6 aromatic rings. The van der Waals surface area contributed by atoms with Gasteiger partial charge in [-0.25, -0.2) is 13.8 Å². The van der Waals surface area contributed by atoms with Gasteiger partial charge in [-0.15, -0.1) is 0 Å². The van der Waals surface area contributed by atoms with Gasteiger partial charge in [0.2, 0.25) is 0 Å². The van der Waals surface area contributed by atoms with Crippen molar-refractivity contribution in [2.45, 2.75) is 13.0 Å². The molecule has 0 aliphatic carbocycles. The van der Waals surface area contributed by atoms with Crippen molar-refractivity contribution in [1.29, 1.82) is 0 Å². The number of nitrogen functional groups attached to an aromatic ring is 2. The molecule has 6 rings (SSSR count). The Kier molecular flexibility index (Phi) is 8.02. The Morgan fingerprint density at radius 3 is 2.29 bits per heavy atom. The second kappa shape index (κ2) is 12.4. The van der Waals surface area contributed by atoms with E-state index in [2.05, 4.69) is 20.1 Å². The number of pyridine rings is 1. The number of hydrogen-bond donors (Lipinski definition) is 2. The van der Waals surface area contributed by atoms with Crippen molar-refractivity contribution in [2.24, 2.45) is 0 Å². The highest BCUT2D eigenvalue weighted by Crippen LogP contribution is 2.33. The Labute approximate surface area is 256 Å². The molecule has 0 saturated heterocycles. The number of ether oxygens (including phenoxy) is 1. The third kappa shape index (κ3) is 5.98. The zero-order valence-corrected chi connectivity index (χ0v) is 24.2. The van der Waals surface area contributed by atoms with Gasteiger partial charge in [-0.2, -0.15) is 19.7 Å². The van der Waals surface area contributed by atoms with Crippen molar-refractivity contribution in [3.8, 4) is 17.1 Å². The van der Waals surface area contributed by atoms with Crippen LogP contribution in [0.25, 0.3) is 28.1 Å². The highest BCUT2D eigenvalue weighted by atomic mass is 19.1. The summed E-state index contributed by atoms with van der Waals surface area (Å²) >= 11 is 0. The van der Waals surface area contributed by atoms with Crippen LogP contribution in [0.3, 0.4) is 0 Å². The summed E-state index contributed by atoms with van der Waals surface area (Å²) in [7, 11) is 1.29. The van der Waals surface area contributed by atoms with Crippen molar-refractivity contribution < 1.29 is 18.3 Å². The number of anilines is 3. The van der Waals surface area contributed by atoms with Gasteiger partial charge >= 0.3 is 5.97 Å². The van der Waals surface area contributed by atoms with Crippen molar-refractivity contribution in [3.63, 3.8) is 0 Å². The lowest BCUT2D eigenvalue weighted by Gasteiger charge is -2.26. The first kappa shape index (κ1) is 29.2. The molecule has 3 aromatic heterocycles. The minimum atomic E-state index is -0.611. The number of benzene rings is 3. The third-order valence-corrected chi connectivity index (χ3v) is 7.31. The topological polar surface area (TPSA) is 138 Å². The molecule has 45 heavy (non-hydrogen) atoms. The molecule has 0 atom stereocenters. The maximum absolute atomic E-state index is 14.5. The molecule has 0 amide bonds. The first-order chi connectivity index (χ1) is 21.8. The second-order valence-corrected chi connectivity index (χ2v) is 10.2. The molecule has 0 fully saturated rings. The standard InChI is InChI=1S/C33H28F2N8O2/c1-45-28(44)19-42(18-22-12-5-7-13-24(22)20-9-3-2-4-10-20)30-31(36)39-33(40-32(30)37)43-27-16-23(34)17-38-29(27)26(41-43)15-21-11-6-8-14-25(21)35/h2-14,16-17H,15,18-19H2,1H3,(H4,36,37,39,40). The van der Waals surface area contributed by atoms with Gasteiger partial charge in [0.1, 0.15) is 29.4 Å². The molecule has 0 bridgehead atoms. The van der Waals surface area contributed by atoms with Gasteiger partial charge in [0, 0.05) is 19.0 Å². The number of halogens is 2. The molecule has 4 N–H and O–H groups in total. The summed E-state index contributed by atoms with van der Waals surface area (Å²) in [6, 6.07) is 25.1. The van der Waals surface area contributed by atoms with Crippen LogP contribution < -0.4 is 16.4 Å². The van der Waals surface area contributed by atoms with Crippen LogP contribution in [0, 0.1) is 11.6 Å². The number of hydrogen-bond acceptors (Lipinski definition) is 9. The van der Waals surface area contributed by atoms with Crippen LogP contribution in [0.1, 0.15) is 16.8 Å². The lowest BCUT2D eigenvalue weighted by molar-refractivity contribution is -0.138. The molecule has 3 aromatic carbocycles. The van der Waals surface area contributed by atoms with Crippen LogP contribution >= 0.6 is 0 Å². The Balaban J connectivity index is 1.42. The molecule has 0 saturated carbocycles. The van der Waals surface area contributed by atoms with Gasteiger partial charge in [0.25, 0.3) is 5.95 Å². The first-order valence-corrected chi connectivity index (χ1v) is 14.0. The average molecular weight is 607 g/mol. The molecule has 0 spiro atoms. The largest absolute Gasteiger partial charge is 0.468 e. The summed E-state index contributed by atoms with van der Waals surface area (Å²) < 4.78 is 35.1. The highest BCUT2D eigenvalue weighted by molar-refractivity contribution is 5.84. The summed E-state index contributed by atoms with van der Waals surface area (Å²) in [6.45, 7) is 0.0350. The van der Waals surface area contributed by atoms with E-state index < -0.39 is 17.6 Å². The summed E-state index contributed by atoms with van der Waals surface area (Å²) in [4.78, 5) is 27.3. The number of carbonyl (C=O) groups is 1. The van der Waals surface area contributed by atoms with Gasteiger partial charge in [0.05, 0.1) is 24.5 Å². The van der Waals surface area contributed by atoms with E-state index in [0.717, 1.165) is 22.9 Å². The van der Waals surface area contributed by atoms with E-state index in [1.807, 2.05) is 54.6 Å². The van der Waals surface area contributed by atoms with E-state index in [-0.39, 0.29) is 48.3 Å². The number of methoxy groups -OCH3 is 1. The van der Waals surface area contributed by atoms with Gasteiger partial charge in [-0.1, -0.05) is 72.8 Å². The molecule has 226 valence electrons. The van der Waals surface area contributed by atoms with Crippen molar-refractivity contribution in [2.75, 3.05) is 30.0 Å². The van der Waals surface area contributed by atoms with Gasteiger partial charge in [0.15, 0.2) is 11.6 Å². The lowest BCUT2D eigenvalue weighted by atomic mass is 9.99. The SMILES string of the molecule is COC(=O)CN(Cc1ccccc1-c1ccccc1)c1c(N)nc(-n2nc(Cc3ccccc3F)c3ncc(F)cc32)nc1N. The highest BCUT2D eigenvalue weighted by Gasteiger charge is 2.24. The van der Waals surface area contributed by atoms with Crippen LogP contribution in [-0.2, 0) is 22.5 Å². The summed E-state index contributed by atoms with van der Waals surface area (Å²) in [6.07, 6.45) is 1.15. The minimum Gasteiger partial charge on any atom is -0.468 e. The number of fused-ring (bicyclic) bond motifs is 1. The van der Waals surface area contributed by atoms with E-state index in [1.165, 1.54) is 23.9 Å². The zero-order valence-electron chi connectivity index (χ0n) is 24.2. The smallest absolute Gasteiger partial charge is 0.325 e. The second-order valence-electron chi connectivity index (χ2n) is 10.2. The Bertz CT molecular complexity index is 1990. The number of aromatic nitrogens is 5. The Hall–Kier alpha value is -5.91. The normalized spacial score (nSPS) is 11.1. The molecule has 0 unspecified atom stereocenters. The van der Waals surface area contributed by atoms with E-state index in [4.69, 9.17) is 16.2 Å². The number of carbonyl (C=O) groups excluding carboxylic acids is 1. The average Bonchev–Trinajstić information content (AvgIpc) is 3.39. The van der Waals surface area contributed by atoms with E-state index in [1.54, 1.807) is 23.1 Å². The number of rotatable bonds is 9. The van der Waals surface area contributed by atoms with Crippen molar-refractivity contribution in [3.05, 3.63) is 120 Å². The third-order valence-electron chi connectivity index (χ3n) is 7.31. The number of nitrogens with zero attached hydrogens (tertiary/aromatic N) is 6. The molecular formula is C33H28F2N8O2. The fourth-order valence-electron chi connectivity index (χ4n) is 5.22. The van der Waals surface area contributed by atoms with Crippen LogP contribution in [0.15, 0.2) is 91.1 Å². The maximum atomic E-state index is 14.5.